The smallest absolute Gasteiger partial charge is 0.187 e. The van der Waals surface area contributed by atoms with E-state index >= 15 is 0 Å². The number of rotatable bonds is 12. The fourth-order valence-corrected chi connectivity index (χ4v) is 2.73. The summed E-state index contributed by atoms with van der Waals surface area (Å²) in [5, 5.41) is 38.2. The van der Waals surface area contributed by atoms with Gasteiger partial charge < -0.3 is 29.9 Å². The highest BCUT2D eigenvalue weighted by Gasteiger charge is 2.44. The van der Waals surface area contributed by atoms with Gasteiger partial charge in [0.25, 0.3) is 0 Å². The van der Waals surface area contributed by atoms with E-state index in [-0.39, 0.29) is 12.4 Å². The van der Waals surface area contributed by atoms with Crippen LogP contribution in [0.3, 0.4) is 0 Å². The molecule has 0 aromatic heterocycles. The van der Waals surface area contributed by atoms with Crippen LogP contribution in [0.1, 0.15) is 58.3 Å². The number of unbranched alkanes of at least 4 members (excludes halogenated alkanes) is 6. The fraction of sp³-hybridized carbons (Fsp3) is 0.941. The van der Waals surface area contributed by atoms with Gasteiger partial charge in [-0.3, -0.25) is 4.79 Å². The van der Waals surface area contributed by atoms with Crippen molar-refractivity contribution in [3.8, 4) is 0 Å². The number of Topliss-reactive ketones (excluding diaryl/α,β-unsaturated/α-hetero) is 1. The maximum Gasteiger partial charge on any atom is 0.187 e. The lowest BCUT2D eigenvalue weighted by atomic mass is 9.99. The van der Waals surface area contributed by atoms with Gasteiger partial charge in [0.1, 0.15) is 31.0 Å². The van der Waals surface area contributed by atoms with Gasteiger partial charge in [0, 0.05) is 6.42 Å². The Labute approximate surface area is 143 Å². The lowest BCUT2D eigenvalue weighted by Gasteiger charge is -2.39. The van der Waals surface area contributed by atoms with Crippen molar-refractivity contribution < 1.29 is 34.7 Å². The van der Waals surface area contributed by atoms with E-state index in [1.165, 1.54) is 25.7 Å². The summed E-state index contributed by atoms with van der Waals surface area (Å²) < 4.78 is 10.4. The Morgan fingerprint density at radius 1 is 0.958 bits per heavy atom. The SMILES string of the molecule is CCCCCCCCCC(=O)COC1O[C@H](CO)[C@@H](O)[C@H](O)[C@H]1O. The molecule has 0 aromatic rings. The summed E-state index contributed by atoms with van der Waals surface area (Å²) >= 11 is 0. The molecule has 1 saturated heterocycles. The molecule has 0 bridgehead atoms. The second-order valence-corrected chi connectivity index (χ2v) is 6.42. The highest BCUT2D eigenvalue weighted by Crippen LogP contribution is 2.22. The van der Waals surface area contributed by atoms with Crippen molar-refractivity contribution in [2.75, 3.05) is 13.2 Å². The molecule has 7 heteroatoms. The first kappa shape index (κ1) is 21.5. The van der Waals surface area contributed by atoms with Crippen molar-refractivity contribution in [1.29, 1.82) is 0 Å². The van der Waals surface area contributed by atoms with Gasteiger partial charge in [0.2, 0.25) is 0 Å². The summed E-state index contributed by atoms with van der Waals surface area (Å²) in [5.41, 5.74) is 0. The third-order valence-corrected chi connectivity index (χ3v) is 4.32. The van der Waals surface area contributed by atoms with Gasteiger partial charge >= 0.3 is 0 Å². The Kier molecular flexibility index (Phi) is 10.6. The van der Waals surface area contributed by atoms with E-state index in [9.17, 15) is 20.1 Å². The van der Waals surface area contributed by atoms with Crippen LogP contribution in [0.15, 0.2) is 0 Å². The number of aliphatic hydroxyl groups excluding tert-OH is 4. The zero-order valence-corrected chi connectivity index (χ0v) is 14.5. The molecule has 0 aliphatic carbocycles. The maximum absolute atomic E-state index is 11.8. The van der Waals surface area contributed by atoms with Crippen LogP contribution in [0.5, 0.6) is 0 Å². The molecule has 4 N–H and O–H groups in total. The van der Waals surface area contributed by atoms with E-state index in [4.69, 9.17) is 14.6 Å². The van der Waals surface area contributed by atoms with Crippen molar-refractivity contribution in [3.63, 3.8) is 0 Å². The highest BCUT2D eigenvalue weighted by molar-refractivity contribution is 5.79. The Morgan fingerprint density at radius 2 is 1.58 bits per heavy atom. The fourth-order valence-electron chi connectivity index (χ4n) is 2.73. The standard InChI is InChI=1S/C17H32O7/c1-2-3-4-5-6-7-8-9-12(19)11-23-17-16(22)15(21)14(20)13(10-18)24-17/h13-18,20-22H,2-11H2,1H3/t13-,14-,15+,16-,17?/m1/s1. The molecule has 142 valence electrons. The van der Waals surface area contributed by atoms with E-state index in [0.29, 0.717) is 6.42 Å². The van der Waals surface area contributed by atoms with Crippen LogP contribution in [0.2, 0.25) is 0 Å². The normalized spacial score (nSPS) is 30.5. The molecule has 0 amide bonds. The highest BCUT2D eigenvalue weighted by atomic mass is 16.7. The number of carbonyl (C=O) groups excluding carboxylic acids is 1. The number of carbonyl (C=O) groups is 1. The zero-order valence-electron chi connectivity index (χ0n) is 14.5. The molecule has 1 aliphatic heterocycles. The lowest BCUT2D eigenvalue weighted by molar-refractivity contribution is -0.299. The molecular formula is C17H32O7. The van der Waals surface area contributed by atoms with Crippen LogP contribution in [0, 0.1) is 0 Å². The van der Waals surface area contributed by atoms with E-state index in [1.54, 1.807) is 0 Å². The number of hydrogen-bond acceptors (Lipinski definition) is 7. The van der Waals surface area contributed by atoms with Crippen LogP contribution in [-0.2, 0) is 14.3 Å². The molecule has 0 spiro atoms. The van der Waals surface area contributed by atoms with Crippen LogP contribution in [0.25, 0.3) is 0 Å². The Balaban J connectivity index is 2.19. The van der Waals surface area contributed by atoms with Crippen LogP contribution in [-0.4, -0.2) is 70.1 Å². The maximum atomic E-state index is 11.8. The van der Waals surface area contributed by atoms with Crippen molar-refractivity contribution in [1.82, 2.24) is 0 Å². The van der Waals surface area contributed by atoms with Crippen LogP contribution in [0.4, 0.5) is 0 Å². The van der Waals surface area contributed by atoms with Gasteiger partial charge in [-0.25, -0.2) is 0 Å². The monoisotopic (exact) mass is 348 g/mol. The second kappa shape index (κ2) is 11.9. The predicted molar refractivity (Wildman–Crippen MR) is 87.3 cm³/mol. The molecule has 0 saturated carbocycles. The topological polar surface area (TPSA) is 116 Å². The minimum absolute atomic E-state index is 0.0967. The largest absolute Gasteiger partial charge is 0.394 e. The van der Waals surface area contributed by atoms with E-state index in [0.717, 1.165) is 19.3 Å². The van der Waals surface area contributed by atoms with Gasteiger partial charge in [-0.2, -0.15) is 0 Å². The minimum Gasteiger partial charge on any atom is -0.394 e. The average molecular weight is 348 g/mol. The van der Waals surface area contributed by atoms with Gasteiger partial charge in [-0.15, -0.1) is 0 Å². The molecule has 1 heterocycles. The summed E-state index contributed by atoms with van der Waals surface area (Å²) in [6, 6.07) is 0. The molecular weight excluding hydrogens is 316 g/mol. The first-order chi connectivity index (χ1) is 11.5. The van der Waals surface area contributed by atoms with E-state index < -0.39 is 37.3 Å². The van der Waals surface area contributed by atoms with E-state index in [2.05, 4.69) is 6.92 Å². The quantitative estimate of drug-likeness (QED) is 0.380. The van der Waals surface area contributed by atoms with Gasteiger partial charge in [0.05, 0.1) is 6.61 Å². The Hall–Kier alpha value is -0.570. The molecule has 5 atom stereocenters. The van der Waals surface area contributed by atoms with Crippen molar-refractivity contribution in [3.05, 3.63) is 0 Å². The molecule has 1 fully saturated rings. The first-order valence-electron chi connectivity index (χ1n) is 8.95. The third-order valence-electron chi connectivity index (χ3n) is 4.32. The average Bonchev–Trinajstić information content (AvgIpc) is 2.58. The summed E-state index contributed by atoms with van der Waals surface area (Å²) in [4.78, 5) is 11.8. The Morgan fingerprint density at radius 3 is 2.21 bits per heavy atom. The minimum atomic E-state index is -1.49. The number of ether oxygens (including phenoxy) is 2. The van der Waals surface area contributed by atoms with Gasteiger partial charge in [-0.05, 0) is 6.42 Å². The zero-order chi connectivity index (χ0) is 17.9. The summed E-state index contributed by atoms with van der Waals surface area (Å²) in [7, 11) is 0. The number of aliphatic hydroxyl groups is 4. The van der Waals surface area contributed by atoms with Gasteiger partial charge in [0.15, 0.2) is 12.1 Å². The number of hydrogen-bond donors (Lipinski definition) is 4. The molecule has 7 nitrogen and oxygen atoms in total. The van der Waals surface area contributed by atoms with E-state index in [1.807, 2.05) is 0 Å². The third kappa shape index (κ3) is 7.13. The molecule has 1 unspecified atom stereocenters. The van der Waals surface area contributed by atoms with Crippen molar-refractivity contribution in [2.24, 2.45) is 0 Å². The summed E-state index contributed by atoms with van der Waals surface area (Å²) in [6.45, 7) is 1.43. The molecule has 24 heavy (non-hydrogen) atoms. The molecule has 1 rings (SSSR count). The molecule has 1 aliphatic rings. The Bertz CT molecular complexity index is 348. The van der Waals surface area contributed by atoms with Crippen molar-refractivity contribution >= 4 is 5.78 Å². The predicted octanol–water partition coefficient (Wildman–Crippen LogP) is 0.513. The lowest BCUT2D eigenvalue weighted by Crippen LogP contribution is -2.59. The number of ketones is 1. The molecule has 0 aromatic carbocycles. The van der Waals surface area contributed by atoms with Gasteiger partial charge in [-0.1, -0.05) is 45.4 Å². The second-order valence-electron chi connectivity index (χ2n) is 6.42. The van der Waals surface area contributed by atoms with Crippen LogP contribution < -0.4 is 0 Å². The summed E-state index contributed by atoms with van der Waals surface area (Å²) in [6.07, 6.45) is 1.63. The first-order valence-corrected chi connectivity index (χ1v) is 8.95. The van der Waals surface area contributed by atoms with Crippen molar-refractivity contribution in [2.45, 2.75) is 89.0 Å². The molecule has 0 radical (unpaired) electrons. The van der Waals surface area contributed by atoms with Crippen LogP contribution >= 0.6 is 0 Å². The summed E-state index contributed by atoms with van der Waals surface area (Å²) in [5.74, 6) is -0.0967.